The van der Waals surface area contributed by atoms with Crippen LogP contribution in [0.2, 0.25) is 0 Å². The summed E-state index contributed by atoms with van der Waals surface area (Å²) in [5.74, 6) is 0.878. The average Bonchev–Trinajstić information content (AvgIpc) is 3.07. The van der Waals surface area contributed by atoms with Crippen LogP contribution in [0.15, 0.2) is 30.3 Å². The van der Waals surface area contributed by atoms with E-state index in [0.29, 0.717) is 0 Å². The summed E-state index contributed by atoms with van der Waals surface area (Å²) in [5.41, 5.74) is 1.45. The van der Waals surface area contributed by atoms with Crippen LogP contribution in [0, 0.1) is 5.92 Å². The maximum atomic E-state index is 3.69. The van der Waals surface area contributed by atoms with E-state index in [2.05, 4.69) is 45.9 Å². The molecule has 0 radical (unpaired) electrons. The molecule has 2 saturated heterocycles. The molecule has 0 aliphatic carbocycles. The number of hydrogen-bond acceptors (Lipinski definition) is 3. The standard InChI is InChI=1S/C19H31N3/c1-2-5-18(6-3-1)16-22-13-9-17(10-14-22)15-20-12-8-19-7-4-11-21-19/h1-3,5-6,17,19-21H,4,7-16H2. The van der Waals surface area contributed by atoms with Crippen molar-refractivity contribution < 1.29 is 0 Å². The lowest BCUT2D eigenvalue weighted by Gasteiger charge is -2.32. The summed E-state index contributed by atoms with van der Waals surface area (Å²) in [4.78, 5) is 2.61. The molecule has 1 aromatic carbocycles. The third-order valence-corrected chi connectivity index (χ3v) is 5.22. The fraction of sp³-hybridized carbons (Fsp3) is 0.684. The van der Waals surface area contributed by atoms with Gasteiger partial charge in [-0.05, 0) is 76.3 Å². The van der Waals surface area contributed by atoms with Crippen molar-refractivity contribution in [3.63, 3.8) is 0 Å². The molecule has 3 rings (SSSR count). The molecule has 0 spiro atoms. The van der Waals surface area contributed by atoms with Crippen molar-refractivity contribution in [2.24, 2.45) is 5.92 Å². The normalized spacial score (nSPS) is 23.9. The minimum Gasteiger partial charge on any atom is -0.316 e. The molecule has 22 heavy (non-hydrogen) atoms. The van der Waals surface area contributed by atoms with Crippen molar-refractivity contribution in [1.82, 2.24) is 15.5 Å². The minimum absolute atomic E-state index is 0.778. The Hall–Kier alpha value is -0.900. The first-order valence-corrected chi connectivity index (χ1v) is 9.10. The van der Waals surface area contributed by atoms with Crippen LogP contribution in [0.3, 0.4) is 0 Å². The van der Waals surface area contributed by atoms with Crippen LogP contribution in [-0.4, -0.2) is 43.7 Å². The Labute approximate surface area is 135 Å². The molecule has 0 aromatic heterocycles. The Morgan fingerprint density at radius 1 is 1.09 bits per heavy atom. The summed E-state index contributed by atoms with van der Waals surface area (Å²) < 4.78 is 0. The smallest absolute Gasteiger partial charge is 0.0233 e. The van der Waals surface area contributed by atoms with E-state index in [1.807, 2.05) is 0 Å². The molecule has 2 heterocycles. The van der Waals surface area contributed by atoms with Crippen LogP contribution in [0.5, 0.6) is 0 Å². The number of benzene rings is 1. The first kappa shape index (κ1) is 16.0. The highest BCUT2D eigenvalue weighted by Gasteiger charge is 2.19. The number of piperidine rings is 1. The minimum atomic E-state index is 0.778. The predicted molar refractivity (Wildman–Crippen MR) is 93.0 cm³/mol. The Morgan fingerprint density at radius 2 is 1.91 bits per heavy atom. The van der Waals surface area contributed by atoms with E-state index < -0.39 is 0 Å². The number of likely N-dealkylation sites (tertiary alicyclic amines) is 1. The second-order valence-corrected chi connectivity index (χ2v) is 6.99. The highest BCUT2D eigenvalue weighted by atomic mass is 15.1. The fourth-order valence-corrected chi connectivity index (χ4v) is 3.78. The first-order valence-electron chi connectivity index (χ1n) is 9.10. The van der Waals surface area contributed by atoms with Gasteiger partial charge in [-0.2, -0.15) is 0 Å². The molecule has 0 saturated carbocycles. The van der Waals surface area contributed by atoms with Gasteiger partial charge >= 0.3 is 0 Å². The van der Waals surface area contributed by atoms with Gasteiger partial charge in [-0.25, -0.2) is 0 Å². The topological polar surface area (TPSA) is 27.3 Å². The summed E-state index contributed by atoms with van der Waals surface area (Å²) in [5, 5.41) is 7.27. The number of hydrogen-bond donors (Lipinski definition) is 2. The molecule has 1 atom stereocenters. The second-order valence-electron chi connectivity index (χ2n) is 6.99. The second kappa shape index (κ2) is 8.66. The SMILES string of the molecule is c1ccc(CN2CCC(CNCCC3CCCN3)CC2)cc1. The van der Waals surface area contributed by atoms with Crippen LogP contribution in [0.25, 0.3) is 0 Å². The van der Waals surface area contributed by atoms with E-state index in [1.54, 1.807) is 0 Å². The van der Waals surface area contributed by atoms with Gasteiger partial charge in [0.1, 0.15) is 0 Å². The molecule has 122 valence electrons. The summed E-state index contributed by atoms with van der Waals surface area (Å²) in [6.45, 7) is 7.25. The lowest BCUT2D eigenvalue weighted by molar-refractivity contribution is 0.175. The number of nitrogens with one attached hydrogen (secondary N) is 2. The zero-order valence-corrected chi connectivity index (χ0v) is 13.8. The van der Waals surface area contributed by atoms with Crippen molar-refractivity contribution in [1.29, 1.82) is 0 Å². The summed E-state index contributed by atoms with van der Waals surface area (Å²) in [7, 11) is 0. The van der Waals surface area contributed by atoms with Crippen molar-refractivity contribution in [2.45, 2.75) is 44.7 Å². The molecule has 1 aromatic rings. The maximum absolute atomic E-state index is 3.69. The summed E-state index contributed by atoms with van der Waals surface area (Å²) in [6, 6.07) is 11.6. The third kappa shape index (κ3) is 5.08. The Morgan fingerprint density at radius 3 is 2.64 bits per heavy atom. The van der Waals surface area contributed by atoms with Crippen molar-refractivity contribution in [2.75, 3.05) is 32.7 Å². The van der Waals surface area contributed by atoms with E-state index in [1.165, 1.54) is 70.4 Å². The van der Waals surface area contributed by atoms with E-state index in [4.69, 9.17) is 0 Å². The van der Waals surface area contributed by atoms with Crippen LogP contribution >= 0.6 is 0 Å². The molecule has 3 nitrogen and oxygen atoms in total. The first-order chi connectivity index (χ1) is 10.9. The van der Waals surface area contributed by atoms with E-state index in [9.17, 15) is 0 Å². The quantitative estimate of drug-likeness (QED) is 0.758. The largest absolute Gasteiger partial charge is 0.316 e. The monoisotopic (exact) mass is 301 g/mol. The summed E-state index contributed by atoms with van der Waals surface area (Å²) in [6.07, 6.45) is 6.74. The Balaban J connectivity index is 1.27. The Bertz CT molecular complexity index is 406. The van der Waals surface area contributed by atoms with Gasteiger partial charge in [0.05, 0.1) is 0 Å². The maximum Gasteiger partial charge on any atom is 0.0233 e. The van der Waals surface area contributed by atoms with Gasteiger partial charge < -0.3 is 10.6 Å². The number of rotatable bonds is 7. The van der Waals surface area contributed by atoms with Gasteiger partial charge in [-0.1, -0.05) is 30.3 Å². The highest BCUT2D eigenvalue weighted by molar-refractivity contribution is 5.14. The molecule has 2 fully saturated rings. The van der Waals surface area contributed by atoms with Crippen molar-refractivity contribution in [3.8, 4) is 0 Å². The molecule has 3 heteroatoms. The molecule has 0 amide bonds. The van der Waals surface area contributed by atoms with Gasteiger partial charge in [0.25, 0.3) is 0 Å². The molecular weight excluding hydrogens is 270 g/mol. The molecule has 2 N–H and O–H groups in total. The lowest BCUT2D eigenvalue weighted by atomic mass is 9.96. The van der Waals surface area contributed by atoms with Crippen LogP contribution < -0.4 is 10.6 Å². The molecule has 2 aliphatic rings. The fourth-order valence-electron chi connectivity index (χ4n) is 3.78. The van der Waals surface area contributed by atoms with E-state index in [-0.39, 0.29) is 0 Å². The van der Waals surface area contributed by atoms with Crippen molar-refractivity contribution in [3.05, 3.63) is 35.9 Å². The van der Waals surface area contributed by atoms with Gasteiger partial charge in [0, 0.05) is 12.6 Å². The van der Waals surface area contributed by atoms with Crippen LogP contribution in [0.1, 0.15) is 37.7 Å². The van der Waals surface area contributed by atoms with Gasteiger partial charge in [-0.15, -0.1) is 0 Å². The van der Waals surface area contributed by atoms with E-state index >= 15 is 0 Å². The Kier molecular flexibility index (Phi) is 6.29. The molecule has 1 unspecified atom stereocenters. The zero-order chi connectivity index (χ0) is 15.0. The zero-order valence-electron chi connectivity index (χ0n) is 13.8. The lowest BCUT2D eigenvalue weighted by Crippen LogP contribution is -2.37. The predicted octanol–water partition coefficient (Wildman–Crippen LogP) is 2.63. The molecule has 0 bridgehead atoms. The summed E-state index contributed by atoms with van der Waals surface area (Å²) >= 11 is 0. The number of nitrogens with zero attached hydrogens (tertiary/aromatic N) is 1. The molecule has 2 aliphatic heterocycles. The van der Waals surface area contributed by atoms with Gasteiger partial charge in [-0.3, -0.25) is 4.90 Å². The van der Waals surface area contributed by atoms with Crippen molar-refractivity contribution >= 4 is 0 Å². The van der Waals surface area contributed by atoms with Gasteiger partial charge in [0.15, 0.2) is 0 Å². The van der Waals surface area contributed by atoms with Crippen LogP contribution in [-0.2, 0) is 6.54 Å². The third-order valence-electron chi connectivity index (χ3n) is 5.22. The van der Waals surface area contributed by atoms with Gasteiger partial charge in [0.2, 0.25) is 0 Å². The highest BCUT2D eigenvalue weighted by Crippen LogP contribution is 2.18. The van der Waals surface area contributed by atoms with E-state index in [0.717, 1.165) is 18.5 Å². The molecular formula is C19H31N3. The average molecular weight is 301 g/mol. The van der Waals surface area contributed by atoms with Crippen LogP contribution in [0.4, 0.5) is 0 Å².